The zero-order valence-corrected chi connectivity index (χ0v) is 9.25. The lowest BCUT2D eigenvalue weighted by molar-refractivity contribution is 0.367. The zero-order valence-electron chi connectivity index (χ0n) is 9.25. The van der Waals surface area contributed by atoms with Gasteiger partial charge in [-0.1, -0.05) is 0 Å². The van der Waals surface area contributed by atoms with Crippen LogP contribution in [0, 0.1) is 0 Å². The molecule has 3 nitrogen and oxygen atoms in total. The van der Waals surface area contributed by atoms with Gasteiger partial charge in [0.15, 0.2) is 0 Å². The summed E-state index contributed by atoms with van der Waals surface area (Å²) in [5.74, 6) is 1.19. The molecule has 0 spiro atoms. The van der Waals surface area contributed by atoms with Crippen molar-refractivity contribution < 1.29 is 0 Å². The Kier molecular flexibility index (Phi) is 2.35. The normalized spacial score (nSPS) is 22.9. The summed E-state index contributed by atoms with van der Waals surface area (Å²) in [6.45, 7) is 7.77. The summed E-state index contributed by atoms with van der Waals surface area (Å²) in [6, 6.07) is 0.462. The Morgan fingerprint density at radius 3 is 2.86 bits per heavy atom. The van der Waals surface area contributed by atoms with Crippen LogP contribution in [0.4, 0.5) is 0 Å². The van der Waals surface area contributed by atoms with Gasteiger partial charge >= 0.3 is 0 Å². The van der Waals surface area contributed by atoms with Gasteiger partial charge < -0.3 is 9.88 Å². The SMILES string of the molecule is CC(C)(C)n1ccnc1C1CCCN1. The lowest BCUT2D eigenvalue weighted by atomic mass is 10.1. The summed E-state index contributed by atoms with van der Waals surface area (Å²) < 4.78 is 2.27. The molecule has 3 heteroatoms. The average Bonchev–Trinajstić information content (AvgIpc) is 2.73. The Hall–Kier alpha value is -0.830. The largest absolute Gasteiger partial charge is 0.328 e. The molecule has 1 atom stereocenters. The van der Waals surface area contributed by atoms with Crippen LogP contribution in [0.25, 0.3) is 0 Å². The van der Waals surface area contributed by atoms with Crippen molar-refractivity contribution in [2.24, 2.45) is 0 Å². The van der Waals surface area contributed by atoms with Crippen LogP contribution < -0.4 is 5.32 Å². The van der Waals surface area contributed by atoms with Crippen molar-refractivity contribution in [3.05, 3.63) is 18.2 Å². The van der Waals surface area contributed by atoms with E-state index in [4.69, 9.17) is 0 Å². The summed E-state index contributed by atoms with van der Waals surface area (Å²) in [5.41, 5.74) is 0.135. The predicted molar refractivity (Wildman–Crippen MR) is 57.2 cm³/mol. The summed E-state index contributed by atoms with van der Waals surface area (Å²) in [4.78, 5) is 4.47. The molecular weight excluding hydrogens is 174 g/mol. The third-order valence-electron chi connectivity index (χ3n) is 2.76. The van der Waals surface area contributed by atoms with E-state index in [1.807, 2.05) is 6.20 Å². The standard InChI is InChI=1S/C11H19N3/c1-11(2,3)14-8-7-13-10(14)9-5-4-6-12-9/h7-9,12H,4-6H2,1-3H3. The highest BCUT2D eigenvalue weighted by Crippen LogP contribution is 2.25. The number of hydrogen-bond acceptors (Lipinski definition) is 2. The minimum atomic E-state index is 0.135. The van der Waals surface area contributed by atoms with Crippen molar-refractivity contribution in [2.45, 2.75) is 45.2 Å². The smallest absolute Gasteiger partial charge is 0.126 e. The van der Waals surface area contributed by atoms with E-state index in [-0.39, 0.29) is 5.54 Å². The number of hydrogen-bond donors (Lipinski definition) is 1. The van der Waals surface area contributed by atoms with Crippen molar-refractivity contribution >= 4 is 0 Å². The molecule has 0 saturated carbocycles. The van der Waals surface area contributed by atoms with Gasteiger partial charge in [-0.2, -0.15) is 0 Å². The fourth-order valence-corrected chi connectivity index (χ4v) is 2.04. The van der Waals surface area contributed by atoms with Crippen molar-refractivity contribution in [2.75, 3.05) is 6.54 Å². The molecule has 1 aliphatic rings. The van der Waals surface area contributed by atoms with Crippen molar-refractivity contribution in [3.63, 3.8) is 0 Å². The molecule has 0 aromatic carbocycles. The molecule has 1 saturated heterocycles. The maximum Gasteiger partial charge on any atom is 0.126 e. The fraction of sp³-hybridized carbons (Fsp3) is 0.727. The van der Waals surface area contributed by atoms with Gasteiger partial charge in [0.1, 0.15) is 5.82 Å². The first-order valence-electron chi connectivity index (χ1n) is 5.36. The Bertz CT molecular complexity index is 303. The van der Waals surface area contributed by atoms with Crippen LogP contribution in [-0.4, -0.2) is 16.1 Å². The second-order valence-electron chi connectivity index (χ2n) is 4.98. The molecule has 1 aromatic rings. The fourth-order valence-electron chi connectivity index (χ4n) is 2.04. The molecule has 1 aromatic heterocycles. The first-order chi connectivity index (χ1) is 6.59. The molecule has 2 rings (SSSR count). The van der Waals surface area contributed by atoms with Crippen LogP contribution in [-0.2, 0) is 5.54 Å². The van der Waals surface area contributed by atoms with E-state index in [0.29, 0.717) is 6.04 Å². The van der Waals surface area contributed by atoms with Gasteiger partial charge in [-0.05, 0) is 40.2 Å². The van der Waals surface area contributed by atoms with Crippen LogP contribution in [0.1, 0.15) is 45.5 Å². The van der Waals surface area contributed by atoms with Crippen LogP contribution in [0.3, 0.4) is 0 Å². The van der Waals surface area contributed by atoms with E-state index in [2.05, 4.69) is 41.8 Å². The molecule has 0 aliphatic carbocycles. The molecule has 0 radical (unpaired) electrons. The van der Waals surface area contributed by atoms with Crippen molar-refractivity contribution in [1.82, 2.24) is 14.9 Å². The predicted octanol–water partition coefficient (Wildman–Crippen LogP) is 2.06. The Balaban J connectivity index is 2.29. The molecule has 1 fully saturated rings. The number of imidazole rings is 1. The third-order valence-corrected chi connectivity index (χ3v) is 2.76. The minimum absolute atomic E-state index is 0.135. The molecule has 0 bridgehead atoms. The van der Waals surface area contributed by atoms with E-state index in [9.17, 15) is 0 Å². The highest BCUT2D eigenvalue weighted by molar-refractivity contribution is 5.04. The number of rotatable bonds is 1. The Morgan fingerprint density at radius 1 is 1.50 bits per heavy atom. The minimum Gasteiger partial charge on any atom is -0.328 e. The van der Waals surface area contributed by atoms with Gasteiger partial charge in [-0.25, -0.2) is 4.98 Å². The molecule has 1 unspecified atom stereocenters. The molecule has 0 amide bonds. The summed E-state index contributed by atoms with van der Waals surface area (Å²) in [5, 5.41) is 3.49. The lowest BCUT2D eigenvalue weighted by Crippen LogP contribution is -2.27. The average molecular weight is 193 g/mol. The Morgan fingerprint density at radius 2 is 2.29 bits per heavy atom. The second-order valence-corrected chi connectivity index (χ2v) is 4.98. The first kappa shape index (κ1) is 9.71. The van der Waals surface area contributed by atoms with Gasteiger partial charge in [-0.3, -0.25) is 0 Å². The summed E-state index contributed by atoms with van der Waals surface area (Å²) in [6.07, 6.45) is 6.46. The van der Waals surface area contributed by atoms with Gasteiger partial charge in [0, 0.05) is 17.9 Å². The molecule has 1 aliphatic heterocycles. The quantitative estimate of drug-likeness (QED) is 0.740. The molecule has 14 heavy (non-hydrogen) atoms. The Labute approximate surface area is 85.5 Å². The number of aromatic nitrogens is 2. The van der Waals surface area contributed by atoms with E-state index in [1.54, 1.807) is 0 Å². The van der Waals surface area contributed by atoms with Gasteiger partial charge in [0.05, 0.1) is 6.04 Å². The van der Waals surface area contributed by atoms with Crippen LogP contribution >= 0.6 is 0 Å². The highest BCUT2D eigenvalue weighted by atomic mass is 15.2. The van der Waals surface area contributed by atoms with Gasteiger partial charge in [-0.15, -0.1) is 0 Å². The molecular formula is C11H19N3. The van der Waals surface area contributed by atoms with Crippen LogP contribution in [0.5, 0.6) is 0 Å². The molecule has 2 heterocycles. The molecule has 1 N–H and O–H groups in total. The van der Waals surface area contributed by atoms with Crippen molar-refractivity contribution in [3.8, 4) is 0 Å². The van der Waals surface area contributed by atoms with Crippen LogP contribution in [0.15, 0.2) is 12.4 Å². The highest BCUT2D eigenvalue weighted by Gasteiger charge is 2.24. The molecule has 78 valence electrons. The third kappa shape index (κ3) is 1.69. The maximum absolute atomic E-state index is 4.47. The summed E-state index contributed by atoms with van der Waals surface area (Å²) in [7, 11) is 0. The number of nitrogens with one attached hydrogen (secondary N) is 1. The topological polar surface area (TPSA) is 29.9 Å². The maximum atomic E-state index is 4.47. The van der Waals surface area contributed by atoms with E-state index in [1.165, 1.54) is 18.7 Å². The van der Waals surface area contributed by atoms with E-state index in [0.717, 1.165) is 6.54 Å². The van der Waals surface area contributed by atoms with E-state index < -0.39 is 0 Å². The first-order valence-corrected chi connectivity index (χ1v) is 5.36. The van der Waals surface area contributed by atoms with Gasteiger partial charge in [0.2, 0.25) is 0 Å². The summed E-state index contributed by atoms with van der Waals surface area (Å²) >= 11 is 0. The van der Waals surface area contributed by atoms with Gasteiger partial charge in [0.25, 0.3) is 0 Å². The van der Waals surface area contributed by atoms with Crippen molar-refractivity contribution in [1.29, 1.82) is 0 Å². The van der Waals surface area contributed by atoms with E-state index >= 15 is 0 Å². The lowest BCUT2D eigenvalue weighted by Gasteiger charge is -2.25. The monoisotopic (exact) mass is 193 g/mol. The number of nitrogens with zero attached hydrogens (tertiary/aromatic N) is 2. The van der Waals surface area contributed by atoms with Crippen LogP contribution in [0.2, 0.25) is 0 Å². The zero-order chi connectivity index (χ0) is 10.2. The second kappa shape index (κ2) is 3.39.